The van der Waals surface area contributed by atoms with Crippen molar-refractivity contribution in [3.8, 4) is 5.75 Å². The van der Waals surface area contributed by atoms with Crippen molar-refractivity contribution in [2.75, 3.05) is 30.3 Å². The highest BCUT2D eigenvalue weighted by atomic mass is 32.2. The van der Waals surface area contributed by atoms with Crippen molar-refractivity contribution in [1.29, 1.82) is 0 Å². The molecule has 0 atom stereocenters. The van der Waals surface area contributed by atoms with Crippen LogP contribution in [-0.4, -0.2) is 40.3 Å². The summed E-state index contributed by atoms with van der Waals surface area (Å²) in [6.07, 6.45) is 0.769. The third-order valence-corrected chi connectivity index (χ3v) is 7.78. The second-order valence-corrected chi connectivity index (χ2v) is 10.4. The van der Waals surface area contributed by atoms with Crippen LogP contribution in [0.5, 0.6) is 5.75 Å². The van der Waals surface area contributed by atoms with Gasteiger partial charge in [0.25, 0.3) is 10.0 Å². The Hall–Kier alpha value is -2.97. The minimum absolute atomic E-state index is 0.117. The van der Waals surface area contributed by atoms with E-state index in [-0.39, 0.29) is 17.3 Å². The normalized spacial score (nSPS) is 11.1. The standard InChI is InChI=1S/C25H28N2O4S2/c1-20-13-15-22(16-14-20)33(29,30)27(23-11-6-7-12-24(23)31-2)19-25(28)26-17-8-18-32-21-9-4-3-5-10-21/h3-7,9-16H,8,17-19H2,1-2H3,(H,26,28). The molecule has 1 N–H and O–H groups in total. The number of para-hydroxylation sites is 2. The summed E-state index contributed by atoms with van der Waals surface area (Å²) in [4.78, 5) is 14.0. The van der Waals surface area contributed by atoms with Crippen LogP contribution in [0, 0.1) is 6.92 Å². The SMILES string of the molecule is COc1ccccc1N(CC(=O)NCCCSc1ccccc1)S(=O)(=O)c1ccc(C)cc1. The Labute approximate surface area is 200 Å². The number of hydrogen-bond acceptors (Lipinski definition) is 5. The summed E-state index contributed by atoms with van der Waals surface area (Å²) in [5.74, 6) is 0.851. The van der Waals surface area contributed by atoms with E-state index in [9.17, 15) is 13.2 Å². The predicted molar refractivity (Wildman–Crippen MR) is 133 cm³/mol. The molecule has 0 aliphatic rings. The van der Waals surface area contributed by atoms with E-state index < -0.39 is 10.0 Å². The molecule has 0 aromatic heterocycles. The van der Waals surface area contributed by atoms with Crippen molar-refractivity contribution in [3.63, 3.8) is 0 Å². The molecule has 3 aromatic rings. The van der Waals surface area contributed by atoms with Crippen LogP contribution in [0.2, 0.25) is 0 Å². The van der Waals surface area contributed by atoms with Gasteiger partial charge in [-0.2, -0.15) is 0 Å². The Balaban J connectivity index is 1.70. The molecule has 0 saturated heterocycles. The summed E-state index contributed by atoms with van der Waals surface area (Å²) in [6, 6.07) is 23.4. The molecule has 0 heterocycles. The van der Waals surface area contributed by atoms with Crippen molar-refractivity contribution in [2.45, 2.75) is 23.1 Å². The molecule has 0 saturated carbocycles. The number of rotatable bonds is 11. The monoisotopic (exact) mass is 484 g/mol. The van der Waals surface area contributed by atoms with Gasteiger partial charge in [0.15, 0.2) is 0 Å². The van der Waals surface area contributed by atoms with Gasteiger partial charge >= 0.3 is 0 Å². The Morgan fingerprint density at radius 1 is 0.970 bits per heavy atom. The Morgan fingerprint density at radius 2 is 1.64 bits per heavy atom. The van der Waals surface area contributed by atoms with Gasteiger partial charge in [0.1, 0.15) is 12.3 Å². The molecule has 174 valence electrons. The Kier molecular flexibility index (Phi) is 8.79. The number of carbonyl (C=O) groups is 1. The van der Waals surface area contributed by atoms with Crippen LogP contribution in [-0.2, 0) is 14.8 Å². The number of thioether (sulfide) groups is 1. The van der Waals surface area contributed by atoms with E-state index in [1.807, 2.05) is 37.3 Å². The Bertz CT molecular complexity index is 1150. The van der Waals surface area contributed by atoms with E-state index >= 15 is 0 Å². The van der Waals surface area contributed by atoms with Gasteiger partial charge in [-0.15, -0.1) is 11.8 Å². The summed E-state index contributed by atoms with van der Waals surface area (Å²) >= 11 is 1.72. The second-order valence-electron chi connectivity index (χ2n) is 7.36. The first-order chi connectivity index (χ1) is 15.9. The van der Waals surface area contributed by atoms with Crippen molar-refractivity contribution in [3.05, 3.63) is 84.4 Å². The average Bonchev–Trinajstić information content (AvgIpc) is 2.83. The summed E-state index contributed by atoms with van der Waals surface area (Å²) in [5.41, 5.74) is 1.26. The number of amides is 1. The van der Waals surface area contributed by atoms with Gasteiger partial charge in [0, 0.05) is 11.4 Å². The summed E-state index contributed by atoms with van der Waals surface area (Å²) in [5, 5.41) is 2.84. The van der Waals surface area contributed by atoms with Gasteiger partial charge in [0.05, 0.1) is 17.7 Å². The lowest BCUT2D eigenvalue weighted by Crippen LogP contribution is -2.41. The van der Waals surface area contributed by atoms with E-state index in [1.54, 1.807) is 60.3 Å². The molecule has 0 fully saturated rings. The predicted octanol–water partition coefficient (Wildman–Crippen LogP) is 4.50. The molecule has 3 aromatic carbocycles. The number of carbonyl (C=O) groups excluding carboxylic acids is 1. The molecular weight excluding hydrogens is 456 g/mol. The Morgan fingerprint density at radius 3 is 2.33 bits per heavy atom. The first kappa shape index (κ1) is 24.7. The van der Waals surface area contributed by atoms with Gasteiger partial charge in [-0.1, -0.05) is 48.0 Å². The average molecular weight is 485 g/mol. The van der Waals surface area contributed by atoms with Gasteiger partial charge in [0.2, 0.25) is 5.91 Å². The molecule has 1 amide bonds. The van der Waals surface area contributed by atoms with Crippen LogP contribution < -0.4 is 14.4 Å². The fourth-order valence-corrected chi connectivity index (χ4v) is 5.47. The third kappa shape index (κ3) is 6.76. The summed E-state index contributed by atoms with van der Waals surface area (Å²) in [7, 11) is -2.51. The first-order valence-electron chi connectivity index (χ1n) is 10.6. The number of methoxy groups -OCH3 is 1. The highest BCUT2D eigenvalue weighted by molar-refractivity contribution is 7.99. The maximum absolute atomic E-state index is 13.5. The number of benzene rings is 3. The smallest absolute Gasteiger partial charge is 0.264 e. The number of hydrogen-bond donors (Lipinski definition) is 1. The number of anilines is 1. The van der Waals surface area contributed by atoms with Crippen LogP contribution in [0.15, 0.2) is 88.7 Å². The molecule has 8 heteroatoms. The van der Waals surface area contributed by atoms with Crippen molar-refractivity contribution < 1.29 is 17.9 Å². The quantitative estimate of drug-likeness (QED) is 0.320. The topological polar surface area (TPSA) is 75.7 Å². The molecule has 0 unspecified atom stereocenters. The second kappa shape index (κ2) is 11.8. The minimum atomic E-state index is -3.98. The van der Waals surface area contributed by atoms with Crippen molar-refractivity contribution in [2.24, 2.45) is 0 Å². The number of ether oxygens (including phenoxy) is 1. The number of nitrogens with one attached hydrogen (secondary N) is 1. The van der Waals surface area contributed by atoms with Crippen LogP contribution in [0.4, 0.5) is 5.69 Å². The minimum Gasteiger partial charge on any atom is -0.495 e. The fraction of sp³-hybridized carbons (Fsp3) is 0.240. The number of sulfonamides is 1. The zero-order valence-corrected chi connectivity index (χ0v) is 20.4. The maximum atomic E-state index is 13.5. The van der Waals surface area contributed by atoms with E-state index in [1.165, 1.54) is 12.0 Å². The zero-order valence-electron chi connectivity index (χ0n) is 18.7. The van der Waals surface area contributed by atoms with Gasteiger partial charge in [-0.05, 0) is 55.5 Å². The van der Waals surface area contributed by atoms with E-state index in [4.69, 9.17) is 4.74 Å². The molecular formula is C25H28N2O4S2. The van der Waals surface area contributed by atoms with Crippen molar-refractivity contribution >= 4 is 33.4 Å². The van der Waals surface area contributed by atoms with Crippen LogP contribution >= 0.6 is 11.8 Å². The number of nitrogens with zero attached hydrogens (tertiary/aromatic N) is 1. The van der Waals surface area contributed by atoms with Crippen LogP contribution in [0.25, 0.3) is 0 Å². The summed E-state index contributed by atoms with van der Waals surface area (Å²) in [6.45, 7) is 2.00. The lowest BCUT2D eigenvalue weighted by Gasteiger charge is -2.25. The molecule has 0 bridgehead atoms. The fourth-order valence-electron chi connectivity index (χ4n) is 3.17. The van der Waals surface area contributed by atoms with Gasteiger partial charge in [-0.3, -0.25) is 9.10 Å². The third-order valence-electron chi connectivity index (χ3n) is 4.91. The van der Waals surface area contributed by atoms with Gasteiger partial charge in [-0.25, -0.2) is 8.42 Å². The molecule has 0 spiro atoms. The summed E-state index contributed by atoms with van der Waals surface area (Å²) < 4.78 is 33.4. The lowest BCUT2D eigenvalue weighted by atomic mass is 10.2. The molecule has 0 radical (unpaired) electrons. The lowest BCUT2D eigenvalue weighted by molar-refractivity contribution is -0.119. The molecule has 3 rings (SSSR count). The van der Waals surface area contributed by atoms with Crippen molar-refractivity contribution in [1.82, 2.24) is 5.32 Å². The largest absolute Gasteiger partial charge is 0.495 e. The zero-order chi connectivity index (χ0) is 23.7. The highest BCUT2D eigenvalue weighted by Gasteiger charge is 2.29. The molecule has 33 heavy (non-hydrogen) atoms. The first-order valence-corrected chi connectivity index (χ1v) is 13.0. The van der Waals surface area contributed by atoms with Crippen LogP contribution in [0.3, 0.4) is 0 Å². The van der Waals surface area contributed by atoms with Crippen LogP contribution in [0.1, 0.15) is 12.0 Å². The van der Waals surface area contributed by atoms with E-state index in [0.717, 1.165) is 22.0 Å². The molecule has 6 nitrogen and oxygen atoms in total. The highest BCUT2D eigenvalue weighted by Crippen LogP contribution is 2.32. The molecule has 0 aliphatic carbocycles. The number of aryl methyl sites for hydroxylation is 1. The van der Waals surface area contributed by atoms with E-state index in [2.05, 4.69) is 5.32 Å². The van der Waals surface area contributed by atoms with Gasteiger partial charge < -0.3 is 10.1 Å². The van der Waals surface area contributed by atoms with E-state index in [0.29, 0.717) is 18.0 Å². The molecule has 0 aliphatic heterocycles. The maximum Gasteiger partial charge on any atom is 0.264 e.